The fourth-order valence-electron chi connectivity index (χ4n) is 3.86. The Morgan fingerprint density at radius 3 is 2.69 bits per heavy atom. The number of benzene rings is 2. The molecule has 0 amide bonds. The van der Waals surface area contributed by atoms with Gasteiger partial charge in [0.05, 0.1) is 12.0 Å². The van der Waals surface area contributed by atoms with Crippen molar-refractivity contribution in [2.24, 2.45) is 0 Å². The van der Waals surface area contributed by atoms with E-state index in [9.17, 15) is 0 Å². The van der Waals surface area contributed by atoms with Crippen molar-refractivity contribution in [1.29, 1.82) is 0 Å². The SMILES string of the molecule is Clc1ccc(Cn2cncc2CNC2C=C(c3ccccc3Cl)CCCC2)cc1. The molecule has 0 radical (unpaired) electrons. The third-order valence-corrected chi connectivity index (χ3v) is 6.03. The van der Waals surface area contributed by atoms with Crippen LogP contribution in [0.2, 0.25) is 10.0 Å². The standard InChI is InChI=1S/C24H25Cl2N3/c25-20-11-9-18(10-12-20)16-29-17-27-14-22(29)15-28-21-6-2-1-5-19(13-21)23-7-3-4-8-24(23)26/h3-4,7-14,17,21,28H,1-2,5-6,15-16H2. The van der Waals surface area contributed by atoms with Gasteiger partial charge in [0.2, 0.25) is 0 Å². The van der Waals surface area contributed by atoms with E-state index in [2.05, 4.69) is 45.2 Å². The Morgan fingerprint density at radius 1 is 1.03 bits per heavy atom. The monoisotopic (exact) mass is 425 g/mol. The molecule has 1 heterocycles. The van der Waals surface area contributed by atoms with E-state index in [1.165, 1.54) is 29.7 Å². The molecule has 3 nitrogen and oxygen atoms in total. The fraction of sp³-hybridized carbons (Fsp3) is 0.292. The number of hydrogen-bond donors (Lipinski definition) is 1. The summed E-state index contributed by atoms with van der Waals surface area (Å²) in [6.45, 7) is 1.57. The van der Waals surface area contributed by atoms with Crippen LogP contribution in [0.25, 0.3) is 5.57 Å². The van der Waals surface area contributed by atoms with Gasteiger partial charge in [0.1, 0.15) is 0 Å². The van der Waals surface area contributed by atoms with E-state index in [-0.39, 0.29) is 0 Å². The van der Waals surface area contributed by atoms with E-state index in [1.807, 2.05) is 36.8 Å². The lowest BCUT2D eigenvalue weighted by molar-refractivity contribution is 0.525. The van der Waals surface area contributed by atoms with E-state index < -0.39 is 0 Å². The summed E-state index contributed by atoms with van der Waals surface area (Å²) < 4.78 is 2.19. The first-order valence-electron chi connectivity index (χ1n) is 10.1. The Bertz CT molecular complexity index is 976. The highest BCUT2D eigenvalue weighted by molar-refractivity contribution is 6.32. The van der Waals surface area contributed by atoms with Crippen LogP contribution in [-0.4, -0.2) is 15.6 Å². The van der Waals surface area contributed by atoms with Crippen molar-refractivity contribution in [1.82, 2.24) is 14.9 Å². The number of allylic oxidation sites excluding steroid dienone is 1. The van der Waals surface area contributed by atoms with Crippen molar-refractivity contribution >= 4 is 28.8 Å². The van der Waals surface area contributed by atoms with Crippen LogP contribution in [0.4, 0.5) is 0 Å². The summed E-state index contributed by atoms with van der Waals surface area (Å²) in [4.78, 5) is 4.36. The molecule has 1 N–H and O–H groups in total. The van der Waals surface area contributed by atoms with Crippen molar-refractivity contribution in [3.8, 4) is 0 Å². The molecule has 0 spiro atoms. The van der Waals surface area contributed by atoms with Crippen molar-refractivity contribution in [3.63, 3.8) is 0 Å². The summed E-state index contributed by atoms with van der Waals surface area (Å²) in [7, 11) is 0. The van der Waals surface area contributed by atoms with Crippen molar-refractivity contribution in [2.45, 2.75) is 44.8 Å². The number of nitrogens with zero attached hydrogens (tertiary/aromatic N) is 2. The molecule has 0 saturated heterocycles. The highest BCUT2D eigenvalue weighted by atomic mass is 35.5. The Labute approximate surface area is 182 Å². The Hall–Kier alpha value is -2.07. The van der Waals surface area contributed by atoms with Gasteiger partial charge in [0.15, 0.2) is 0 Å². The zero-order chi connectivity index (χ0) is 20.1. The number of halogens is 2. The molecule has 1 unspecified atom stereocenters. The normalized spacial score (nSPS) is 17.0. The van der Waals surface area contributed by atoms with Gasteiger partial charge in [-0.05, 0) is 54.2 Å². The van der Waals surface area contributed by atoms with Crippen LogP contribution < -0.4 is 5.32 Å². The number of rotatable bonds is 6. The van der Waals surface area contributed by atoms with Crippen LogP contribution in [0.1, 0.15) is 42.5 Å². The molecular weight excluding hydrogens is 401 g/mol. The van der Waals surface area contributed by atoms with Gasteiger partial charge in [-0.25, -0.2) is 4.98 Å². The molecule has 29 heavy (non-hydrogen) atoms. The van der Waals surface area contributed by atoms with Gasteiger partial charge in [-0.2, -0.15) is 0 Å². The molecule has 0 saturated carbocycles. The maximum atomic E-state index is 6.44. The summed E-state index contributed by atoms with van der Waals surface area (Å²) in [5.41, 5.74) is 4.90. The number of aromatic nitrogens is 2. The van der Waals surface area contributed by atoms with Crippen LogP contribution in [0, 0.1) is 0 Å². The Kier molecular flexibility index (Phi) is 6.70. The molecule has 0 aliphatic heterocycles. The molecule has 0 fully saturated rings. The summed E-state index contributed by atoms with van der Waals surface area (Å²) in [6, 6.07) is 16.5. The zero-order valence-electron chi connectivity index (χ0n) is 16.3. The zero-order valence-corrected chi connectivity index (χ0v) is 17.8. The Balaban J connectivity index is 1.44. The summed E-state index contributed by atoms with van der Waals surface area (Å²) >= 11 is 12.4. The molecule has 0 bridgehead atoms. The van der Waals surface area contributed by atoms with Crippen LogP contribution >= 0.6 is 23.2 Å². The topological polar surface area (TPSA) is 29.9 Å². The molecule has 1 aliphatic rings. The molecule has 1 aliphatic carbocycles. The summed E-state index contributed by atoms with van der Waals surface area (Å²) in [5, 5.41) is 5.31. The molecule has 5 heteroatoms. The van der Waals surface area contributed by atoms with Crippen molar-refractivity contribution in [2.75, 3.05) is 0 Å². The van der Waals surface area contributed by atoms with E-state index in [4.69, 9.17) is 23.2 Å². The van der Waals surface area contributed by atoms with Crippen LogP contribution in [-0.2, 0) is 13.1 Å². The third-order valence-electron chi connectivity index (χ3n) is 5.44. The first-order chi connectivity index (χ1) is 14.2. The second kappa shape index (κ2) is 9.62. The van der Waals surface area contributed by atoms with Crippen molar-refractivity contribution in [3.05, 3.63) is 94.0 Å². The molecule has 3 aromatic rings. The average Bonchev–Trinajstić information content (AvgIpc) is 3.03. The quantitative estimate of drug-likeness (QED) is 0.498. The van der Waals surface area contributed by atoms with Crippen LogP contribution in [0.5, 0.6) is 0 Å². The number of imidazole rings is 1. The molecule has 150 valence electrons. The molecule has 1 atom stereocenters. The maximum Gasteiger partial charge on any atom is 0.0951 e. The highest BCUT2D eigenvalue weighted by Crippen LogP contribution is 2.30. The lowest BCUT2D eigenvalue weighted by Gasteiger charge is -2.16. The lowest BCUT2D eigenvalue weighted by Crippen LogP contribution is -2.27. The summed E-state index contributed by atoms with van der Waals surface area (Å²) in [5.74, 6) is 0. The molecule has 2 aromatic carbocycles. The van der Waals surface area contributed by atoms with Gasteiger partial charge in [-0.1, -0.05) is 66.0 Å². The van der Waals surface area contributed by atoms with E-state index in [0.717, 1.165) is 41.5 Å². The lowest BCUT2D eigenvalue weighted by atomic mass is 10.0. The minimum absolute atomic E-state index is 0.336. The summed E-state index contributed by atoms with van der Waals surface area (Å²) in [6.07, 6.45) is 10.8. The predicted molar refractivity (Wildman–Crippen MR) is 121 cm³/mol. The molecule has 4 rings (SSSR count). The third kappa shape index (κ3) is 5.30. The smallest absolute Gasteiger partial charge is 0.0951 e. The second-order valence-electron chi connectivity index (χ2n) is 7.54. The van der Waals surface area contributed by atoms with Gasteiger partial charge in [0.25, 0.3) is 0 Å². The van der Waals surface area contributed by atoms with Crippen molar-refractivity contribution < 1.29 is 0 Å². The van der Waals surface area contributed by atoms with E-state index in [1.54, 1.807) is 0 Å². The minimum Gasteiger partial charge on any atom is -0.329 e. The number of nitrogens with one attached hydrogen (secondary N) is 1. The van der Waals surface area contributed by atoms with Gasteiger partial charge in [0, 0.05) is 35.4 Å². The first kappa shape index (κ1) is 20.2. The second-order valence-corrected chi connectivity index (χ2v) is 8.39. The highest BCUT2D eigenvalue weighted by Gasteiger charge is 2.15. The predicted octanol–water partition coefficient (Wildman–Crippen LogP) is 6.35. The molecular formula is C24H25Cl2N3. The van der Waals surface area contributed by atoms with Gasteiger partial charge in [-0.3, -0.25) is 0 Å². The van der Waals surface area contributed by atoms with Crippen LogP contribution in [0.15, 0.2) is 67.1 Å². The van der Waals surface area contributed by atoms with Gasteiger partial charge >= 0.3 is 0 Å². The van der Waals surface area contributed by atoms with Gasteiger partial charge in [-0.15, -0.1) is 0 Å². The van der Waals surface area contributed by atoms with E-state index in [0.29, 0.717) is 6.04 Å². The Morgan fingerprint density at radius 2 is 1.86 bits per heavy atom. The largest absolute Gasteiger partial charge is 0.329 e. The average molecular weight is 426 g/mol. The maximum absolute atomic E-state index is 6.44. The molecule has 1 aromatic heterocycles. The first-order valence-corrected chi connectivity index (χ1v) is 10.9. The number of hydrogen-bond acceptors (Lipinski definition) is 2. The van der Waals surface area contributed by atoms with Gasteiger partial charge < -0.3 is 9.88 Å². The van der Waals surface area contributed by atoms with E-state index >= 15 is 0 Å². The fourth-order valence-corrected chi connectivity index (χ4v) is 4.24. The van der Waals surface area contributed by atoms with Crippen LogP contribution in [0.3, 0.4) is 0 Å². The minimum atomic E-state index is 0.336.